The minimum Gasteiger partial charge on any atom is -0.466 e. The average Bonchev–Trinajstić information content (AvgIpc) is 2.83. The minimum atomic E-state index is -0.296. The molecule has 2 aromatic rings. The van der Waals surface area contributed by atoms with E-state index in [1.54, 1.807) is 19.1 Å². The van der Waals surface area contributed by atoms with Crippen molar-refractivity contribution in [3.05, 3.63) is 40.7 Å². The first-order valence-corrected chi connectivity index (χ1v) is 7.30. The average molecular weight is 308 g/mol. The van der Waals surface area contributed by atoms with Crippen LogP contribution in [0.15, 0.2) is 28.7 Å². The quantitative estimate of drug-likeness (QED) is 0.776. The first kappa shape index (κ1) is 15.6. The Kier molecular flexibility index (Phi) is 5.02. The van der Waals surface area contributed by atoms with Crippen molar-refractivity contribution in [2.45, 2.75) is 33.1 Å². The second kappa shape index (κ2) is 6.76. The van der Waals surface area contributed by atoms with Crippen molar-refractivity contribution >= 4 is 17.6 Å². The fourth-order valence-electron chi connectivity index (χ4n) is 2.01. The number of aromatic nitrogens is 1. The molecule has 0 unspecified atom stereocenters. The van der Waals surface area contributed by atoms with Gasteiger partial charge in [0.05, 0.1) is 18.7 Å². The zero-order valence-electron chi connectivity index (χ0n) is 12.4. The molecule has 0 saturated carbocycles. The van der Waals surface area contributed by atoms with Crippen LogP contribution in [0.25, 0.3) is 11.5 Å². The number of hydrogen-bond acceptors (Lipinski definition) is 4. The Morgan fingerprint density at radius 2 is 2.00 bits per heavy atom. The van der Waals surface area contributed by atoms with Crippen molar-refractivity contribution in [2.75, 3.05) is 6.61 Å². The van der Waals surface area contributed by atoms with Crippen LogP contribution in [0.2, 0.25) is 5.02 Å². The second-order valence-corrected chi connectivity index (χ2v) is 5.41. The van der Waals surface area contributed by atoms with Gasteiger partial charge < -0.3 is 9.15 Å². The number of halogens is 1. The molecule has 0 bridgehead atoms. The SMILES string of the molecule is CCOC(=O)Cc1nc(-c2ccc(Cl)cc2)oc1C(C)C. The molecule has 4 nitrogen and oxygen atoms in total. The lowest BCUT2D eigenvalue weighted by Gasteiger charge is -2.03. The van der Waals surface area contributed by atoms with Gasteiger partial charge in [-0.15, -0.1) is 0 Å². The normalized spacial score (nSPS) is 10.9. The highest BCUT2D eigenvalue weighted by Gasteiger charge is 2.20. The van der Waals surface area contributed by atoms with E-state index >= 15 is 0 Å². The van der Waals surface area contributed by atoms with Gasteiger partial charge in [0.25, 0.3) is 0 Å². The van der Waals surface area contributed by atoms with E-state index in [9.17, 15) is 4.79 Å². The Labute approximate surface area is 129 Å². The summed E-state index contributed by atoms with van der Waals surface area (Å²) in [4.78, 5) is 16.1. The molecule has 5 heteroatoms. The zero-order chi connectivity index (χ0) is 15.4. The summed E-state index contributed by atoms with van der Waals surface area (Å²) in [5.41, 5.74) is 1.46. The first-order chi connectivity index (χ1) is 10.0. The van der Waals surface area contributed by atoms with Crippen molar-refractivity contribution in [1.82, 2.24) is 4.98 Å². The van der Waals surface area contributed by atoms with Crippen molar-refractivity contribution in [3.8, 4) is 11.5 Å². The molecule has 0 N–H and O–H groups in total. The Hall–Kier alpha value is -1.81. The van der Waals surface area contributed by atoms with Crippen molar-refractivity contribution in [3.63, 3.8) is 0 Å². The van der Waals surface area contributed by atoms with Gasteiger partial charge in [-0.1, -0.05) is 25.4 Å². The summed E-state index contributed by atoms with van der Waals surface area (Å²) < 4.78 is 10.8. The third-order valence-electron chi connectivity index (χ3n) is 2.96. The maximum Gasteiger partial charge on any atom is 0.311 e. The van der Waals surface area contributed by atoms with Gasteiger partial charge in [-0.25, -0.2) is 4.98 Å². The Balaban J connectivity index is 2.32. The van der Waals surface area contributed by atoms with Crippen LogP contribution in [-0.4, -0.2) is 17.6 Å². The highest BCUT2D eigenvalue weighted by atomic mass is 35.5. The van der Waals surface area contributed by atoms with Gasteiger partial charge in [-0.3, -0.25) is 4.79 Å². The third kappa shape index (κ3) is 3.85. The molecule has 21 heavy (non-hydrogen) atoms. The maximum absolute atomic E-state index is 11.7. The van der Waals surface area contributed by atoms with Gasteiger partial charge in [0.2, 0.25) is 5.89 Å². The maximum atomic E-state index is 11.7. The highest BCUT2D eigenvalue weighted by molar-refractivity contribution is 6.30. The smallest absolute Gasteiger partial charge is 0.311 e. The molecule has 1 aromatic heterocycles. The number of nitrogens with zero attached hydrogens (tertiary/aromatic N) is 1. The molecule has 1 aromatic carbocycles. The number of oxazole rings is 1. The number of benzene rings is 1. The van der Waals surface area contributed by atoms with Crippen LogP contribution in [0.3, 0.4) is 0 Å². The van der Waals surface area contributed by atoms with Gasteiger partial charge in [0, 0.05) is 16.5 Å². The molecular weight excluding hydrogens is 290 g/mol. The summed E-state index contributed by atoms with van der Waals surface area (Å²) in [6.45, 7) is 6.14. The molecule has 1 heterocycles. The third-order valence-corrected chi connectivity index (χ3v) is 3.21. The summed E-state index contributed by atoms with van der Waals surface area (Å²) in [6.07, 6.45) is 0.123. The zero-order valence-corrected chi connectivity index (χ0v) is 13.1. The topological polar surface area (TPSA) is 52.3 Å². The summed E-state index contributed by atoms with van der Waals surface area (Å²) in [6, 6.07) is 7.24. The van der Waals surface area contributed by atoms with E-state index in [1.165, 1.54) is 0 Å². The molecule has 2 rings (SSSR count). The van der Waals surface area contributed by atoms with Gasteiger partial charge in [-0.2, -0.15) is 0 Å². The second-order valence-electron chi connectivity index (χ2n) is 4.97. The molecule has 0 saturated heterocycles. The number of hydrogen-bond donors (Lipinski definition) is 0. The minimum absolute atomic E-state index is 0.123. The van der Waals surface area contributed by atoms with Crippen LogP contribution in [0.4, 0.5) is 0 Å². The fourth-order valence-corrected chi connectivity index (χ4v) is 2.13. The number of esters is 1. The predicted octanol–water partition coefficient (Wildman–Crippen LogP) is 4.22. The van der Waals surface area contributed by atoms with E-state index in [0.717, 1.165) is 5.56 Å². The Bertz CT molecular complexity index is 617. The van der Waals surface area contributed by atoms with E-state index in [1.807, 2.05) is 26.0 Å². The molecule has 0 aliphatic heterocycles. The summed E-state index contributed by atoms with van der Waals surface area (Å²) >= 11 is 5.88. The summed E-state index contributed by atoms with van der Waals surface area (Å²) in [5.74, 6) is 1.06. The van der Waals surface area contributed by atoms with Crippen LogP contribution < -0.4 is 0 Å². The van der Waals surface area contributed by atoms with E-state index in [4.69, 9.17) is 20.8 Å². The van der Waals surface area contributed by atoms with E-state index in [-0.39, 0.29) is 18.3 Å². The lowest BCUT2D eigenvalue weighted by Crippen LogP contribution is -2.09. The lowest BCUT2D eigenvalue weighted by atomic mass is 10.1. The van der Waals surface area contributed by atoms with Crippen LogP contribution in [0.1, 0.15) is 38.1 Å². The van der Waals surface area contributed by atoms with Crippen LogP contribution in [0.5, 0.6) is 0 Å². The Morgan fingerprint density at radius 3 is 2.57 bits per heavy atom. The van der Waals surface area contributed by atoms with E-state index < -0.39 is 0 Å². The number of rotatable bonds is 5. The number of ether oxygens (including phenoxy) is 1. The van der Waals surface area contributed by atoms with Crippen LogP contribution in [-0.2, 0) is 16.0 Å². The molecule has 0 aliphatic carbocycles. The van der Waals surface area contributed by atoms with Gasteiger partial charge in [0.15, 0.2) is 0 Å². The molecule has 0 spiro atoms. The predicted molar refractivity (Wildman–Crippen MR) is 81.4 cm³/mol. The number of carbonyl (C=O) groups excluding carboxylic acids is 1. The van der Waals surface area contributed by atoms with Crippen LogP contribution in [0, 0.1) is 0 Å². The molecule has 0 aliphatic rings. The molecule has 0 radical (unpaired) electrons. The van der Waals surface area contributed by atoms with Crippen molar-refractivity contribution < 1.29 is 13.9 Å². The van der Waals surface area contributed by atoms with Crippen molar-refractivity contribution in [1.29, 1.82) is 0 Å². The lowest BCUT2D eigenvalue weighted by molar-refractivity contribution is -0.142. The van der Waals surface area contributed by atoms with Crippen molar-refractivity contribution in [2.24, 2.45) is 0 Å². The fraction of sp³-hybridized carbons (Fsp3) is 0.375. The highest BCUT2D eigenvalue weighted by Crippen LogP contribution is 2.28. The molecule has 112 valence electrons. The molecule has 0 fully saturated rings. The van der Waals surface area contributed by atoms with Gasteiger partial charge in [0.1, 0.15) is 5.76 Å². The molecule has 0 atom stereocenters. The molecular formula is C16H18ClNO3. The first-order valence-electron chi connectivity index (χ1n) is 6.92. The summed E-state index contributed by atoms with van der Waals surface area (Å²) in [5, 5.41) is 0.654. The Morgan fingerprint density at radius 1 is 1.33 bits per heavy atom. The summed E-state index contributed by atoms with van der Waals surface area (Å²) in [7, 11) is 0. The standard InChI is InChI=1S/C16H18ClNO3/c1-4-20-14(19)9-13-15(10(2)3)21-16(18-13)11-5-7-12(17)8-6-11/h5-8,10H,4,9H2,1-3H3. The largest absolute Gasteiger partial charge is 0.466 e. The molecule has 0 amide bonds. The van der Waals surface area contributed by atoms with E-state index in [0.29, 0.717) is 29.0 Å². The van der Waals surface area contributed by atoms with Gasteiger partial charge in [-0.05, 0) is 31.2 Å². The van der Waals surface area contributed by atoms with E-state index in [2.05, 4.69) is 4.98 Å². The number of carbonyl (C=O) groups is 1. The van der Waals surface area contributed by atoms with Crippen LogP contribution >= 0.6 is 11.6 Å². The monoisotopic (exact) mass is 307 g/mol. The van der Waals surface area contributed by atoms with Gasteiger partial charge >= 0.3 is 5.97 Å².